The molecule has 0 saturated heterocycles. The van der Waals surface area contributed by atoms with Crippen molar-refractivity contribution in [2.75, 3.05) is 7.05 Å². The minimum Gasteiger partial charge on any atom is -0.450 e. The monoisotopic (exact) mass is 259 g/mol. The Morgan fingerprint density at radius 1 is 1.42 bits per heavy atom. The molecule has 0 spiro atoms. The van der Waals surface area contributed by atoms with Crippen LogP contribution in [-0.2, 0) is 6.54 Å². The third-order valence-corrected chi connectivity index (χ3v) is 2.47. The Morgan fingerprint density at radius 3 is 3.00 bits per heavy atom. The van der Waals surface area contributed by atoms with Gasteiger partial charge in [0.05, 0.1) is 4.92 Å². The fourth-order valence-corrected chi connectivity index (χ4v) is 1.65. The molecule has 6 heteroatoms. The maximum absolute atomic E-state index is 10.9. The molecular formula is C13H13N3O3. The fraction of sp³-hybridized carbons (Fsp3) is 0.154. The molecule has 0 unspecified atom stereocenters. The Kier molecular flexibility index (Phi) is 4.04. The lowest BCUT2D eigenvalue weighted by Crippen LogP contribution is -2.04. The predicted octanol–water partition coefficient (Wildman–Crippen LogP) is 2.50. The zero-order valence-electron chi connectivity index (χ0n) is 10.4. The third kappa shape index (κ3) is 3.26. The van der Waals surface area contributed by atoms with Gasteiger partial charge in [0.2, 0.25) is 5.75 Å². The Balaban J connectivity index is 2.26. The van der Waals surface area contributed by atoms with Crippen molar-refractivity contribution in [2.24, 2.45) is 0 Å². The first-order chi connectivity index (χ1) is 9.20. The van der Waals surface area contributed by atoms with E-state index in [1.54, 1.807) is 6.07 Å². The minimum atomic E-state index is -0.514. The molecule has 19 heavy (non-hydrogen) atoms. The van der Waals surface area contributed by atoms with E-state index in [2.05, 4.69) is 10.3 Å². The Hall–Kier alpha value is -2.47. The van der Waals surface area contributed by atoms with E-state index in [1.807, 2.05) is 25.2 Å². The van der Waals surface area contributed by atoms with Gasteiger partial charge < -0.3 is 10.1 Å². The van der Waals surface area contributed by atoms with Crippen LogP contribution in [0, 0.1) is 10.1 Å². The van der Waals surface area contributed by atoms with Crippen LogP contribution in [0.4, 0.5) is 5.69 Å². The second-order valence-corrected chi connectivity index (χ2v) is 3.88. The number of ether oxygens (including phenoxy) is 1. The fourth-order valence-electron chi connectivity index (χ4n) is 1.65. The van der Waals surface area contributed by atoms with Gasteiger partial charge in [0, 0.05) is 18.8 Å². The van der Waals surface area contributed by atoms with E-state index in [0.29, 0.717) is 12.3 Å². The van der Waals surface area contributed by atoms with Crippen LogP contribution in [0.2, 0.25) is 0 Å². The molecule has 1 N–H and O–H groups in total. The van der Waals surface area contributed by atoms with E-state index < -0.39 is 4.92 Å². The van der Waals surface area contributed by atoms with Gasteiger partial charge >= 0.3 is 5.69 Å². The van der Waals surface area contributed by atoms with Gasteiger partial charge in [-0.2, -0.15) is 0 Å². The number of hydrogen-bond acceptors (Lipinski definition) is 5. The quantitative estimate of drug-likeness (QED) is 0.659. The summed E-state index contributed by atoms with van der Waals surface area (Å²) in [4.78, 5) is 14.1. The first-order valence-electron chi connectivity index (χ1n) is 5.70. The molecule has 0 aliphatic rings. The second kappa shape index (κ2) is 5.92. The number of nitrogens with zero attached hydrogens (tertiary/aromatic N) is 2. The summed E-state index contributed by atoms with van der Waals surface area (Å²) in [5.74, 6) is 0.739. The summed E-state index contributed by atoms with van der Waals surface area (Å²) in [5, 5.41) is 13.9. The van der Waals surface area contributed by atoms with Gasteiger partial charge in [-0.1, -0.05) is 12.1 Å². The average Bonchev–Trinajstić information content (AvgIpc) is 2.40. The van der Waals surface area contributed by atoms with Gasteiger partial charge in [-0.05, 0) is 24.7 Å². The first kappa shape index (κ1) is 13.0. The van der Waals surface area contributed by atoms with Crippen molar-refractivity contribution in [1.82, 2.24) is 10.3 Å². The van der Waals surface area contributed by atoms with Crippen LogP contribution in [-0.4, -0.2) is 17.0 Å². The highest BCUT2D eigenvalue weighted by Gasteiger charge is 2.15. The summed E-state index contributed by atoms with van der Waals surface area (Å²) in [6.45, 7) is 0.704. The molecule has 1 aromatic heterocycles. The largest absolute Gasteiger partial charge is 0.450 e. The number of benzene rings is 1. The third-order valence-electron chi connectivity index (χ3n) is 2.47. The molecular weight excluding hydrogens is 246 g/mol. The molecule has 0 radical (unpaired) electrons. The Bertz CT molecular complexity index is 587. The maximum Gasteiger partial charge on any atom is 0.329 e. The van der Waals surface area contributed by atoms with E-state index in [1.165, 1.54) is 18.5 Å². The van der Waals surface area contributed by atoms with Gasteiger partial charge in [0.1, 0.15) is 11.9 Å². The molecule has 0 aliphatic carbocycles. The standard InChI is InChI=1S/C13H13N3O3/c1-14-8-10-3-2-4-11(7-10)19-13-5-6-15-9-12(13)16(17)18/h2-7,9,14H,8H2,1H3. The zero-order valence-corrected chi connectivity index (χ0v) is 10.4. The van der Waals surface area contributed by atoms with E-state index >= 15 is 0 Å². The van der Waals surface area contributed by atoms with Crippen molar-refractivity contribution in [1.29, 1.82) is 0 Å². The van der Waals surface area contributed by atoms with Crippen molar-refractivity contribution in [2.45, 2.75) is 6.54 Å². The van der Waals surface area contributed by atoms with Gasteiger partial charge in [0.25, 0.3) is 0 Å². The molecule has 0 saturated carbocycles. The number of nitrogens with one attached hydrogen (secondary N) is 1. The number of rotatable bonds is 5. The maximum atomic E-state index is 10.9. The molecule has 0 bridgehead atoms. The molecule has 98 valence electrons. The molecule has 0 amide bonds. The van der Waals surface area contributed by atoms with Gasteiger partial charge in [-0.25, -0.2) is 0 Å². The van der Waals surface area contributed by atoms with Crippen molar-refractivity contribution in [3.8, 4) is 11.5 Å². The smallest absolute Gasteiger partial charge is 0.329 e. The second-order valence-electron chi connectivity index (χ2n) is 3.88. The van der Waals surface area contributed by atoms with Crippen LogP contribution in [0.3, 0.4) is 0 Å². The summed E-state index contributed by atoms with van der Waals surface area (Å²) in [7, 11) is 1.85. The topological polar surface area (TPSA) is 77.3 Å². The van der Waals surface area contributed by atoms with Crippen LogP contribution in [0.25, 0.3) is 0 Å². The molecule has 1 heterocycles. The van der Waals surface area contributed by atoms with Gasteiger partial charge in [0.15, 0.2) is 0 Å². The number of pyridine rings is 1. The summed E-state index contributed by atoms with van der Waals surface area (Å²) >= 11 is 0. The van der Waals surface area contributed by atoms with Gasteiger partial charge in [-0.3, -0.25) is 15.1 Å². The summed E-state index contributed by atoms with van der Waals surface area (Å²) in [5.41, 5.74) is 0.887. The predicted molar refractivity (Wildman–Crippen MR) is 70.2 cm³/mol. The van der Waals surface area contributed by atoms with Crippen LogP contribution >= 0.6 is 0 Å². The lowest BCUT2D eigenvalue weighted by molar-refractivity contribution is -0.386. The lowest BCUT2D eigenvalue weighted by atomic mass is 10.2. The molecule has 6 nitrogen and oxygen atoms in total. The van der Waals surface area contributed by atoms with E-state index in [9.17, 15) is 10.1 Å². The van der Waals surface area contributed by atoms with Gasteiger partial charge in [-0.15, -0.1) is 0 Å². The molecule has 0 atom stereocenters. The number of nitro groups is 1. The molecule has 0 aliphatic heterocycles. The first-order valence-corrected chi connectivity index (χ1v) is 5.70. The van der Waals surface area contributed by atoms with Crippen LogP contribution in [0.5, 0.6) is 11.5 Å². The molecule has 0 fully saturated rings. The number of hydrogen-bond donors (Lipinski definition) is 1. The average molecular weight is 259 g/mol. The molecule has 2 aromatic rings. The van der Waals surface area contributed by atoms with Crippen LogP contribution < -0.4 is 10.1 Å². The Labute approximate surface area is 110 Å². The van der Waals surface area contributed by atoms with Crippen molar-refractivity contribution >= 4 is 5.69 Å². The van der Waals surface area contributed by atoms with E-state index in [-0.39, 0.29) is 11.4 Å². The summed E-state index contributed by atoms with van der Waals surface area (Å²) in [6.07, 6.45) is 2.63. The van der Waals surface area contributed by atoms with E-state index in [4.69, 9.17) is 4.74 Å². The summed E-state index contributed by atoms with van der Waals surface area (Å²) < 4.78 is 5.55. The normalized spacial score (nSPS) is 10.2. The zero-order chi connectivity index (χ0) is 13.7. The van der Waals surface area contributed by atoms with Crippen molar-refractivity contribution in [3.05, 3.63) is 58.4 Å². The van der Waals surface area contributed by atoms with Crippen LogP contribution in [0.1, 0.15) is 5.56 Å². The SMILES string of the molecule is CNCc1cccc(Oc2ccncc2[N+](=O)[O-])c1. The van der Waals surface area contributed by atoms with Crippen molar-refractivity contribution in [3.63, 3.8) is 0 Å². The lowest BCUT2D eigenvalue weighted by Gasteiger charge is -2.07. The highest BCUT2D eigenvalue weighted by molar-refractivity contribution is 5.46. The van der Waals surface area contributed by atoms with Crippen LogP contribution in [0.15, 0.2) is 42.7 Å². The number of aromatic nitrogens is 1. The minimum absolute atomic E-state index is 0.151. The molecule has 2 rings (SSSR count). The summed E-state index contributed by atoms with van der Waals surface area (Å²) in [6, 6.07) is 8.85. The Morgan fingerprint density at radius 2 is 2.26 bits per heavy atom. The highest BCUT2D eigenvalue weighted by atomic mass is 16.6. The molecule has 1 aromatic carbocycles. The highest BCUT2D eigenvalue weighted by Crippen LogP contribution is 2.30. The van der Waals surface area contributed by atoms with Crippen molar-refractivity contribution < 1.29 is 9.66 Å². The van der Waals surface area contributed by atoms with E-state index in [0.717, 1.165) is 5.56 Å².